The van der Waals surface area contributed by atoms with Crippen molar-refractivity contribution in [3.8, 4) is 0 Å². The molecule has 3 N–H and O–H groups in total. The number of aryl methyl sites for hydroxylation is 1. The highest BCUT2D eigenvalue weighted by atomic mass is 16.3. The molecule has 3 rings (SSSR count). The quantitative estimate of drug-likeness (QED) is 0.581. The van der Waals surface area contributed by atoms with Gasteiger partial charge in [0, 0.05) is 30.5 Å². The summed E-state index contributed by atoms with van der Waals surface area (Å²) in [5.74, 6) is -0.00237. The number of aromatic nitrogens is 2. The Morgan fingerprint density at radius 2 is 2.00 bits per heavy atom. The minimum absolute atomic E-state index is 0.00237. The molecular weight excluding hydrogens is 352 g/mol. The van der Waals surface area contributed by atoms with Gasteiger partial charge in [-0.05, 0) is 50.4 Å². The monoisotopic (exact) mass is 384 g/mol. The molecular formula is C22H32N4O2. The van der Waals surface area contributed by atoms with Crippen molar-refractivity contribution < 1.29 is 9.90 Å². The van der Waals surface area contributed by atoms with Gasteiger partial charge in [-0.2, -0.15) is 0 Å². The molecule has 6 heteroatoms. The smallest absolute Gasteiger partial charge is 0.251 e. The molecule has 1 heterocycles. The molecule has 0 saturated heterocycles. The summed E-state index contributed by atoms with van der Waals surface area (Å²) in [6.07, 6.45) is 12.3. The Kier molecular flexibility index (Phi) is 7.23. The van der Waals surface area contributed by atoms with Crippen LogP contribution in [0.25, 0.3) is 0 Å². The molecule has 1 unspecified atom stereocenters. The molecule has 1 aliphatic carbocycles. The predicted octanol–water partition coefficient (Wildman–Crippen LogP) is 2.83. The Balaban J connectivity index is 1.53. The molecule has 0 bridgehead atoms. The third-order valence-corrected chi connectivity index (χ3v) is 5.71. The number of rotatable bonds is 9. The molecule has 6 nitrogen and oxygen atoms in total. The lowest BCUT2D eigenvalue weighted by molar-refractivity contribution is 0.0927. The number of carbonyl (C=O) groups excluding carboxylic acids is 1. The maximum absolute atomic E-state index is 12.5. The zero-order valence-corrected chi connectivity index (χ0v) is 16.7. The molecule has 1 aliphatic rings. The van der Waals surface area contributed by atoms with Crippen molar-refractivity contribution in [2.45, 2.75) is 63.6 Å². The summed E-state index contributed by atoms with van der Waals surface area (Å²) < 4.78 is 2.04. The number of amides is 1. The van der Waals surface area contributed by atoms with Crippen LogP contribution in [0.1, 0.15) is 61.4 Å². The zero-order chi connectivity index (χ0) is 19.8. The average Bonchev–Trinajstić information content (AvgIpc) is 3.25. The fourth-order valence-corrected chi connectivity index (χ4v) is 3.80. The van der Waals surface area contributed by atoms with Crippen molar-refractivity contribution in [1.29, 1.82) is 0 Å². The SMILES string of the molecule is CC(CO)(NCCCn1ccnc1)c1ccc(C(=O)NC2CCCCC2)cc1. The highest BCUT2D eigenvalue weighted by Gasteiger charge is 2.25. The Bertz CT molecular complexity index is 724. The van der Waals surface area contributed by atoms with Gasteiger partial charge in [-0.15, -0.1) is 0 Å². The van der Waals surface area contributed by atoms with E-state index < -0.39 is 5.54 Å². The summed E-state index contributed by atoms with van der Waals surface area (Å²) in [4.78, 5) is 16.5. The standard InChI is InChI=1S/C22H32N4O2/c1-22(16-27,24-12-5-14-26-15-13-23-17-26)19-10-8-18(9-11-19)21(28)25-20-6-3-2-4-7-20/h8-11,13,15,17,20,24,27H,2-7,12,14,16H2,1H3,(H,25,28). The van der Waals surface area contributed by atoms with E-state index in [0.29, 0.717) is 11.6 Å². The van der Waals surface area contributed by atoms with Crippen LogP contribution in [0.3, 0.4) is 0 Å². The van der Waals surface area contributed by atoms with Crippen molar-refractivity contribution in [3.05, 3.63) is 54.1 Å². The van der Waals surface area contributed by atoms with Gasteiger partial charge in [0.25, 0.3) is 5.91 Å². The van der Waals surface area contributed by atoms with E-state index in [2.05, 4.69) is 15.6 Å². The van der Waals surface area contributed by atoms with Crippen LogP contribution in [-0.2, 0) is 12.1 Å². The highest BCUT2D eigenvalue weighted by Crippen LogP contribution is 2.22. The topological polar surface area (TPSA) is 79.2 Å². The predicted molar refractivity (Wildman–Crippen MR) is 110 cm³/mol. The van der Waals surface area contributed by atoms with Gasteiger partial charge in [-0.3, -0.25) is 4.79 Å². The van der Waals surface area contributed by atoms with E-state index in [1.165, 1.54) is 19.3 Å². The lowest BCUT2D eigenvalue weighted by atomic mass is 9.91. The van der Waals surface area contributed by atoms with E-state index in [1.54, 1.807) is 6.20 Å². The van der Waals surface area contributed by atoms with Crippen LogP contribution in [0.4, 0.5) is 0 Å². The van der Waals surface area contributed by atoms with Crippen LogP contribution in [0.5, 0.6) is 0 Å². The van der Waals surface area contributed by atoms with Gasteiger partial charge in [-0.1, -0.05) is 31.4 Å². The van der Waals surface area contributed by atoms with Crippen molar-refractivity contribution in [2.75, 3.05) is 13.2 Å². The number of benzene rings is 1. The van der Waals surface area contributed by atoms with Crippen LogP contribution in [0.2, 0.25) is 0 Å². The third-order valence-electron chi connectivity index (χ3n) is 5.71. The third kappa shape index (κ3) is 5.42. The maximum Gasteiger partial charge on any atom is 0.251 e. The summed E-state index contributed by atoms with van der Waals surface area (Å²) in [6, 6.07) is 7.90. The molecule has 0 spiro atoms. The number of carbonyl (C=O) groups is 1. The van der Waals surface area contributed by atoms with E-state index in [9.17, 15) is 9.90 Å². The zero-order valence-electron chi connectivity index (χ0n) is 16.7. The van der Waals surface area contributed by atoms with Gasteiger partial charge in [-0.25, -0.2) is 4.98 Å². The van der Waals surface area contributed by atoms with E-state index in [0.717, 1.165) is 37.9 Å². The molecule has 1 atom stereocenters. The van der Waals surface area contributed by atoms with E-state index in [4.69, 9.17) is 0 Å². The minimum atomic E-state index is -0.534. The van der Waals surface area contributed by atoms with Crippen LogP contribution < -0.4 is 10.6 Å². The molecule has 1 fully saturated rings. The number of nitrogens with one attached hydrogen (secondary N) is 2. The molecule has 152 valence electrons. The molecule has 1 saturated carbocycles. The van der Waals surface area contributed by atoms with Crippen molar-refractivity contribution in [1.82, 2.24) is 20.2 Å². The molecule has 1 aromatic carbocycles. The van der Waals surface area contributed by atoms with Crippen molar-refractivity contribution >= 4 is 5.91 Å². The number of hydrogen-bond acceptors (Lipinski definition) is 4. The Morgan fingerprint density at radius 3 is 2.64 bits per heavy atom. The second-order valence-electron chi connectivity index (χ2n) is 7.96. The molecule has 1 aromatic heterocycles. The summed E-state index contributed by atoms with van der Waals surface area (Å²) in [5, 5.41) is 16.6. The van der Waals surface area contributed by atoms with Gasteiger partial charge in [0.15, 0.2) is 0 Å². The van der Waals surface area contributed by atoms with Gasteiger partial charge < -0.3 is 20.3 Å². The largest absolute Gasteiger partial charge is 0.394 e. The summed E-state index contributed by atoms with van der Waals surface area (Å²) in [7, 11) is 0. The van der Waals surface area contributed by atoms with E-state index >= 15 is 0 Å². The van der Waals surface area contributed by atoms with Crippen LogP contribution >= 0.6 is 0 Å². The van der Waals surface area contributed by atoms with Crippen LogP contribution in [0.15, 0.2) is 43.0 Å². The first-order valence-electron chi connectivity index (χ1n) is 10.3. The lowest BCUT2D eigenvalue weighted by Crippen LogP contribution is -2.43. The molecule has 28 heavy (non-hydrogen) atoms. The van der Waals surface area contributed by atoms with Gasteiger partial charge in [0.2, 0.25) is 0 Å². The van der Waals surface area contributed by atoms with Crippen LogP contribution in [-0.4, -0.2) is 39.8 Å². The second-order valence-corrected chi connectivity index (χ2v) is 7.96. The lowest BCUT2D eigenvalue weighted by Gasteiger charge is -2.30. The molecule has 2 aromatic rings. The summed E-state index contributed by atoms with van der Waals surface area (Å²) in [5.41, 5.74) is 1.12. The summed E-state index contributed by atoms with van der Waals surface area (Å²) in [6.45, 7) is 3.64. The molecule has 0 radical (unpaired) electrons. The Hall–Kier alpha value is -2.18. The van der Waals surface area contributed by atoms with E-state index in [1.807, 2.05) is 48.3 Å². The maximum atomic E-state index is 12.5. The number of aliphatic hydroxyl groups excluding tert-OH is 1. The van der Waals surface area contributed by atoms with Gasteiger partial charge >= 0.3 is 0 Å². The summed E-state index contributed by atoms with van der Waals surface area (Å²) >= 11 is 0. The first-order chi connectivity index (χ1) is 13.6. The number of nitrogens with zero attached hydrogens (tertiary/aromatic N) is 2. The van der Waals surface area contributed by atoms with Crippen LogP contribution in [0, 0.1) is 0 Å². The van der Waals surface area contributed by atoms with E-state index in [-0.39, 0.29) is 12.5 Å². The number of imidazole rings is 1. The second kappa shape index (κ2) is 9.85. The first-order valence-corrected chi connectivity index (χ1v) is 10.3. The van der Waals surface area contributed by atoms with Gasteiger partial charge in [0.1, 0.15) is 0 Å². The number of aliphatic hydroxyl groups is 1. The van der Waals surface area contributed by atoms with Crippen molar-refractivity contribution in [2.24, 2.45) is 0 Å². The van der Waals surface area contributed by atoms with Crippen molar-refractivity contribution in [3.63, 3.8) is 0 Å². The van der Waals surface area contributed by atoms with Gasteiger partial charge in [0.05, 0.1) is 18.5 Å². The Labute approximate surface area is 167 Å². The normalized spacial score (nSPS) is 17.2. The average molecular weight is 385 g/mol. The highest BCUT2D eigenvalue weighted by molar-refractivity contribution is 5.94. The number of hydrogen-bond donors (Lipinski definition) is 3. The molecule has 0 aliphatic heterocycles. The first kappa shape index (κ1) is 20.6. The fourth-order valence-electron chi connectivity index (χ4n) is 3.80. The Morgan fingerprint density at radius 1 is 1.25 bits per heavy atom. The fraction of sp³-hybridized carbons (Fsp3) is 0.545. The minimum Gasteiger partial charge on any atom is -0.394 e. The molecule has 1 amide bonds.